The number of nitrogens with zero attached hydrogens (tertiary/aromatic N) is 1. The van der Waals surface area contributed by atoms with Crippen molar-refractivity contribution in [1.29, 1.82) is 0 Å². The number of sulfonamides is 1. The van der Waals surface area contributed by atoms with E-state index in [1.54, 1.807) is 13.2 Å². The Hall–Kier alpha value is -1.45. The molecule has 25 heavy (non-hydrogen) atoms. The maximum atomic E-state index is 12.2. The van der Waals surface area contributed by atoms with E-state index in [0.29, 0.717) is 9.90 Å². The van der Waals surface area contributed by atoms with Crippen LogP contribution >= 0.6 is 22.9 Å². The molecule has 2 aromatic rings. The van der Waals surface area contributed by atoms with Crippen LogP contribution in [0.3, 0.4) is 0 Å². The van der Waals surface area contributed by atoms with Crippen molar-refractivity contribution in [2.75, 3.05) is 27.7 Å². The Balaban J connectivity index is 2.03. The third-order valence-corrected chi connectivity index (χ3v) is 6.69. The average molecular weight is 403 g/mol. The summed E-state index contributed by atoms with van der Waals surface area (Å²) in [6.07, 6.45) is -0.296. The number of methoxy groups -OCH3 is 1. The third-order valence-electron chi connectivity index (χ3n) is 3.54. The summed E-state index contributed by atoms with van der Waals surface area (Å²) in [5.74, 6) is -0.307. The molecule has 0 aliphatic carbocycles. The van der Waals surface area contributed by atoms with Crippen molar-refractivity contribution in [2.24, 2.45) is 0 Å². The van der Waals surface area contributed by atoms with Crippen molar-refractivity contribution in [3.63, 3.8) is 0 Å². The van der Waals surface area contributed by atoms with Gasteiger partial charge in [0.1, 0.15) is 6.10 Å². The van der Waals surface area contributed by atoms with E-state index < -0.39 is 10.0 Å². The van der Waals surface area contributed by atoms with Crippen molar-refractivity contribution in [1.82, 2.24) is 9.62 Å². The van der Waals surface area contributed by atoms with Gasteiger partial charge in [-0.1, -0.05) is 11.6 Å². The van der Waals surface area contributed by atoms with Gasteiger partial charge in [0.2, 0.25) is 10.0 Å². The lowest BCUT2D eigenvalue weighted by molar-refractivity contribution is 0.0837. The molecule has 0 radical (unpaired) electrons. The van der Waals surface area contributed by atoms with Crippen LogP contribution in [-0.2, 0) is 14.8 Å². The summed E-state index contributed by atoms with van der Waals surface area (Å²) in [4.78, 5) is 13.3. The number of nitrogens with one attached hydrogen (secondary N) is 1. The maximum absolute atomic E-state index is 12.2. The van der Waals surface area contributed by atoms with Gasteiger partial charge in [-0.05, 0) is 36.4 Å². The molecule has 1 atom stereocenters. The largest absolute Gasteiger partial charge is 0.374 e. The fourth-order valence-corrected chi connectivity index (χ4v) is 4.12. The molecule has 136 valence electrons. The molecular weight excluding hydrogens is 384 g/mol. The van der Waals surface area contributed by atoms with E-state index in [0.717, 1.165) is 9.18 Å². The zero-order chi connectivity index (χ0) is 18.6. The van der Waals surface area contributed by atoms with Crippen LogP contribution in [0.5, 0.6) is 0 Å². The van der Waals surface area contributed by atoms with Crippen LogP contribution in [0.4, 0.5) is 0 Å². The van der Waals surface area contributed by atoms with Crippen molar-refractivity contribution in [3.8, 4) is 0 Å². The topological polar surface area (TPSA) is 75.7 Å². The lowest BCUT2D eigenvalue weighted by Crippen LogP contribution is -2.29. The van der Waals surface area contributed by atoms with Crippen LogP contribution < -0.4 is 5.32 Å². The minimum atomic E-state index is -3.51. The molecule has 1 aromatic heterocycles. The molecule has 0 aliphatic rings. The molecule has 1 N–H and O–H groups in total. The van der Waals surface area contributed by atoms with Crippen LogP contribution in [-0.4, -0.2) is 46.4 Å². The van der Waals surface area contributed by atoms with Gasteiger partial charge in [-0.15, -0.1) is 11.3 Å². The van der Waals surface area contributed by atoms with Gasteiger partial charge in [0.05, 0.1) is 9.23 Å². The molecule has 0 fully saturated rings. The summed E-state index contributed by atoms with van der Waals surface area (Å²) in [6, 6.07) is 9.42. The zero-order valence-corrected chi connectivity index (χ0v) is 16.4. The van der Waals surface area contributed by atoms with Gasteiger partial charge in [0.25, 0.3) is 5.91 Å². The summed E-state index contributed by atoms with van der Waals surface area (Å²) < 4.78 is 31.2. The van der Waals surface area contributed by atoms with Crippen molar-refractivity contribution < 1.29 is 17.9 Å². The number of thiophene rings is 1. The SMILES string of the molecule is COC(CNC(=O)c1ccc(S(=O)(=O)N(C)C)cc1)c1ccc(Cl)s1. The molecule has 0 saturated heterocycles. The first-order chi connectivity index (χ1) is 11.8. The lowest BCUT2D eigenvalue weighted by Gasteiger charge is -2.15. The monoisotopic (exact) mass is 402 g/mol. The number of halogens is 1. The standard InChI is InChI=1S/C16H19ClN2O4S2/c1-19(2)25(21,22)12-6-4-11(5-7-12)16(20)18-10-13(23-3)14-8-9-15(17)24-14/h4-9,13H,10H2,1-3H3,(H,18,20). The normalized spacial score (nSPS) is 13.0. The Kier molecular flexibility index (Phi) is 6.59. The molecule has 6 nitrogen and oxygen atoms in total. The summed E-state index contributed by atoms with van der Waals surface area (Å²) in [5.41, 5.74) is 0.372. The highest BCUT2D eigenvalue weighted by molar-refractivity contribution is 7.89. The van der Waals surface area contributed by atoms with E-state index in [1.807, 2.05) is 6.07 Å². The second-order valence-electron chi connectivity index (χ2n) is 5.39. The molecule has 9 heteroatoms. The molecule has 1 unspecified atom stereocenters. The zero-order valence-electron chi connectivity index (χ0n) is 14.0. The number of carbonyl (C=O) groups is 1. The number of rotatable bonds is 7. The second-order valence-corrected chi connectivity index (χ2v) is 9.29. The number of hydrogen-bond donors (Lipinski definition) is 1. The predicted molar refractivity (Wildman–Crippen MR) is 98.7 cm³/mol. The number of carbonyl (C=O) groups excluding carboxylic acids is 1. The number of hydrogen-bond acceptors (Lipinski definition) is 5. The highest BCUT2D eigenvalue weighted by Gasteiger charge is 2.18. The molecule has 2 rings (SSSR count). The van der Waals surface area contributed by atoms with E-state index in [4.69, 9.17) is 16.3 Å². The van der Waals surface area contributed by atoms with Crippen LogP contribution in [0.2, 0.25) is 4.34 Å². The van der Waals surface area contributed by atoms with Crippen LogP contribution in [0.15, 0.2) is 41.3 Å². The Morgan fingerprint density at radius 3 is 2.36 bits per heavy atom. The van der Waals surface area contributed by atoms with Gasteiger partial charge >= 0.3 is 0 Å². The minimum absolute atomic E-state index is 0.136. The molecule has 1 aromatic carbocycles. The van der Waals surface area contributed by atoms with Gasteiger partial charge in [0.15, 0.2) is 0 Å². The van der Waals surface area contributed by atoms with Gasteiger partial charge in [-0.2, -0.15) is 0 Å². The summed E-state index contributed by atoms with van der Waals surface area (Å²) in [5, 5.41) is 2.78. The smallest absolute Gasteiger partial charge is 0.251 e. The van der Waals surface area contributed by atoms with E-state index in [-0.39, 0.29) is 23.5 Å². The first-order valence-electron chi connectivity index (χ1n) is 7.34. The molecule has 0 aliphatic heterocycles. The maximum Gasteiger partial charge on any atom is 0.251 e. The Morgan fingerprint density at radius 1 is 1.24 bits per heavy atom. The number of benzene rings is 1. The molecular formula is C16H19ClN2O4S2. The fraction of sp³-hybridized carbons (Fsp3) is 0.312. The van der Waals surface area contributed by atoms with E-state index >= 15 is 0 Å². The molecule has 1 heterocycles. The molecule has 1 amide bonds. The van der Waals surface area contributed by atoms with E-state index in [1.165, 1.54) is 49.7 Å². The Labute approximate surface area is 156 Å². The van der Waals surface area contributed by atoms with Gasteiger partial charge in [-0.25, -0.2) is 12.7 Å². The van der Waals surface area contributed by atoms with E-state index in [2.05, 4.69) is 5.32 Å². The van der Waals surface area contributed by atoms with Crippen LogP contribution in [0.1, 0.15) is 21.3 Å². The highest BCUT2D eigenvalue weighted by Crippen LogP contribution is 2.28. The summed E-state index contributed by atoms with van der Waals surface area (Å²) in [6.45, 7) is 0.282. The first kappa shape index (κ1) is 19.9. The highest BCUT2D eigenvalue weighted by atomic mass is 35.5. The fourth-order valence-electron chi connectivity index (χ4n) is 2.08. The third kappa shape index (κ3) is 4.80. The van der Waals surface area contributed by atoms with Gasteiger partial charge in [-0.3, -0.25) is 4.79 Å². The molecule has 0 bridgehead atoms. The van der Waals surface area contributed by atoms with E-state index in [9.17, 15) is 13.2 Å². The predicted octanol–water partition coefficient (Wildman–Crippen LogP) is 2.77. The Bertz CT molecular complexity index is 832. The van der Waals surface area contributed by atoms with Gasteiger partial charge in [0, 0.05) is 38.2 Å². The average Bonchev–Trinajstić information content (AvgIpc) is 3.01. The number of amides is 1. The van der Waals surface area contributed by atoms with Crippen molar-refractivity contribution in [3.05, 3.63) is 51.2 Å². The quantitative estimate of drug-likeness (QED) is 0.772. The van der Waals surface area contributed by atoms with Crippen molar-refractivity contribution >= 4 is 38.9 Å². The van der Waals surface area contributed by atoms with Crippen LogP contribution in [0.25, 0.3) is 0 Å². The summed E-state index contributed by atoms with van der Waals surface area (Å²) >= 11 is 7.31. The summed E-state index contributed by atoms with van der Waals surface area (Å²) in [7, 11) is 0.961. The molecule has 0 saturated carbocycles. The van der Waals surface area contributed by atoms with Crippen molar-refractivity contribution in [2.45, 2.75) is 11.0 Å². The Morgan fingerprint density at radius 2 is 1.88 bits per heavy atom. The second kappa shape index (κ2) is 8.29. The minimum Gasteiger partial charge on any atom is -0.374 e. The van der Waals surface area contributed by atoms with Crippen LogP contribution in [0, 0.1) is 0 Å². The van der Waals surface area contributed by atoms with Gasteiger partial charge < -0.3 is 10.1 Å². The number of ether oxygens (including phenoxy) is 1. The molecule has 0 spiro atoms. The lowest BCUT2D eigenvalue weighted by atomic mass is 10.2. The first-order valence-corrected chi connectivity index (χ1v) is 9.98.